The van der Waals surface area contributed by atoms with Crippen molar-refractivity contribution in [3.05, 3.63) is 36.0 Å². The van der Waals surface area contributed by atoms with Gasteiger partial charge in [0.05, 0.1) is 0 Å². The molecule has 0 aromatic rings. The van der Waals surface area contributed by atoms with Gasteiger partial charge in [0.1, 0.15) is 0 Å². The Kier molecular flexibility index (Phi) is 3.59. The van der Waals surface area contributed by atoms with Gasteiger partial charge in [0.2, 0.25) is 0 Å². The molecule has 0 aromatic heterocycles. The van der Waals surface area contributed by atoms with Crippen LogP contribution in [0.15, 0.2) is 36.0 Å². The topological polar surface area (TPSA) is 0 Å². The molecule has 2 unspecified atom stereocenters. The van der Waals surface area contributed by atoms with E-state index in [0.29, 0.717) is 5.92 Å². The molecule has 84 valence electrons. The van der Waals surface area contributed by atoms with Crippen molar-refractivity contribution >= 4 is 0 Å². The molecule has 0 N–H and O–H groups in total. The van der Waals surface area contributed by atoms with Gasteiger partial charge in [0, 0.05) is 0 Å². The Morgan fingerprint density at radius 1 is 1.40 bits per heavy atom. The van der Waals surface area contributed by atoms with E-state index in [2.05, 4.69) is 46.9 Å². The van der Waals surface area contributed by atoms with Crippen LogP contribution in [0.2, 0.25) is 0 Å². The molecule has 0 nitrogen and oxygen atoms in total. The summed E-state index contributed by atoms with van der Waals surface area (Å²) in [5.41, 5.74) is 4.68. The second-order valence-corrected chi connectivity index (χ2v) is 5.42. The molecule has 1 saturated carbocycles. The Balaban J connectivity index is 2.98. The highest BCUT2D eigenvalue weighted by Gasteiger charge is 2.36. The van der Waals surface area contributed by atoms with Gasteiger partial charge in [-0.1, -0.05) is 36.3 Å². The summed E-state index contributed by atoms with van der Waals surface area (Å²) in [5.74, 6) is 0.577. The quantitative estimate of drug-likeness (QED) is 0.562. The average molecular weight is 204 g/mol. The molecule has 0 radical (unpaired) electrons. The van der Waals surface area contributed by atoms with Crippen LogP contribution in [0.3, 0.4) is 0 Å². The Hall–Kier alpha value is -0.780. The Morgan fingerprint density at radius 3 is 2.40 bits per heavy atom. The van der Waals surface area contributed by atoms with Crippen LogP contribution in [0.5, 0.6) is 0 Å². The molecule has 0 bridgehead atoms. The first-order chi connectivity index (χ1) is 6.90. The smallest absolute Gasteiger partial charge is 0.00779 e. The summed E-state index contributed by atoms with van der Waals surface area (Å²) in [7, 11) is 0. The van der Waals surface area contributed by atoms with Crippen LogP contribution in [0.1, 0.15) is 47.0 Å². The van der Waals surface area contributed by atoms with Crippen molar-refractivity contribution in [2.75, 3.05) is 0 Å². The van der Waals surface area contributed by atoms with Crippen molar-refractivity contribution in [2.24, 2.45) is 11.3 Å². The van der Waals surface area contributed by atoms with Crippen LogP contribution in [0.4, 0.5) is 0 Å². The monoisotopic (exact) mass is 204 g/mol. The molecule has 2 atom stereocenters. The predicted octanol–water partition coefficient (Wildman–Crippen LogP) is 4.89. The third-order valence-corrected chi connectivity index (χ3v) is 3.98. The van der Waals surface area contributed by atoms with Crippen LogP contribution in [-0.2, 0) is 0 Å². The minimum absolute atomic E-state index is 0.255. The highest BCUT2D eigenvalue weighted by atomic mass is 14.4. The number of rotatable bonds is 2. The first-order valence-electron chi connectivity index (χ1n) is 5.85. The molecular weight excluding hydrogens is 180 g/mol. The van der Waals surface area contributed by atoms with E-state index < -0.39 is 0 Å². The molecule has 1 rings (SSSR count). The molecule has 0 spiro atoms. The summed E-state index contributed by atoms with van der Waals surface area (Å²) in [5, 5.41) is 0. The summed E-state index contributed by atoms with van der Waals surface area (Å²) >= 11 is 0. The normalized spacial score (nSPS) is 31.2. The van der Waals surface area contributed by atoms with Crippen LogP contribution in [0, 0.1) is 11.3 Å². The molecule has 0 aromatic carbocycles. The number of hydrogen-bond donors (Lipinski definition) is 0. The van der Waals surface area contributed by atoms with Gasteiger partial charge in [-0.05, 0) is 51.4 Å². The fourth-order valence-electron chi connectivity index (χ4n) is 2.61. The standard InChI is InChI=1S/C15H24/c1-7-15(6)9-8-13(11(2)3)10-14(15)12(4)5/h7,14H,1,4,8-10H2,2-3,5-6H3. The Morgan fingerprint density at radius 2 is 2.00 bits per heavy atom. The maximum Gasteiger partial charge on any atom is -0.00779 e. The van der Waals surface area contributed by atoms with Gasteiger partial charge >= 0.3 is 0 Å². The first kappa shape index (κ1) is 12.3. The highest BCUT2D eigenvalue weighted by Crippen LogP contribution is 2.47. The lowest BCUT2D eigenvalue weighted by atomic mass is 9.63. The summed E-state index contributed by atoms with van der Waals surface area (Å²) in [6.07, 6.45) is 5.76. The third-order valence-electron chi connectivity index (χ3n) is 3.98. The Labute approximate surface area is 94.8 Å². The minimum atomic E-state index is 0.255. The summed E-state index contributed by atoms with van der Waals surface area (Å²) in [6.45, 7) is 17.1. The zero-order valence-electron chi connectivity index (χ0n) is 10.7. The fourth-order valence-corrected chi connectivity index (χ4v) is 2.61. The van der Waals surface area contributed by atoms with Crippen molar-refractivity contribution < 1.29 is 0 Å². The zero-order valence-corrected chi connectivity index (χ0v) is 10.7. The van der Waals surface area contributed by atoms with Crippen LogP contribution in [0.25, 0.3) is 0 Å². The molecule has 0 heterocycles. The lowest BCUT2D eigenvalue weighted by Crippen LogP contribution is -2.30. The summed E-state index contributed by atoms with van der Waals surface area (Å²) in [4.78, 5) is 0. The zero-order chi connectivity index (χ0) is 11.6. The van der Waals surface area contributed by atoms with E-state index in [9.17, 15) is 0 Å². The van der Waals surface area contributed by atoms with Crippen LogP contribution in [-0.4, -0.2) is 0 Å². The molecule has 15 heavy (non-hydrogen) atoms. The minimum Gasteiger partial charge on any atom is -0.103 e. The highest BCUT2D eigenvalue weighted by molar-refractivity contribution is 5.22. The van der Waals surface area contributed by atoms with E-state index >= 15 is 0 Å². The second-order valence-electron chi connectivity index (χ2n) is 5.42. The number of allylic oxidation sites excluding steroid dienone is 4. The molecule has 0 saturated heterocycles. The third kappa shape index (κ3) is 2.42. The SMILES string of the molecule is C=CC1(C)CCC(=C(C)C)CC1C(=C)C. The largest absolute Gasteiger partial charge is 0.103 e. The van der Waals surface area contributed by atoms with E-state index in [4.69, 9.17) is 0 Å². The molecule has 1 aliphatic rings. The van der Waals surface area contributed by atoms with Gasteiger partial charge < -0.3 is 0 Å². The summed E-state index contributed by atoms with van der Waals surface area (Å²) in [6, 6.07) is 0. The first-order valence-corrected chi connectivity index (χ1v) is 5.85. The molecular formula is C15H24. The van der Waals surface area contributed by atoms with Crippen LogP contribution < -0.4 is 0 Å². The maximum absolute atomic E-state index is 4.15. The van der Waals surface area contributed by atoms with E-state index in [0.717, 1.165) is 0 Å². The predicted molar refractivity (Wildman–Crippen MR) is 68.8 cm³/mol. The maximum atomic E-state index is 4.15. The van der Waals surface area contributed by atoms with Crippen molar-refractivity contribution in [1.29, 1.82) is 0 Å². The Bertz CT molecular complexity index is 302. The van der Waals surface area contributed by atoms with Crippen molar-refractivity contribution in [3.8, 4) is 0 Å². The molecule has 0 aliphatic heterocycles. The van der Waals surface area contributed by atoms with Gasteiger partial charge in [-0.2, -0.15) is 0 Å². The van der Waals surface area contributed by atoms with Gasteiger partial charge in [0.15, 0.2) is 0 Å². The van der Waals surface area contributed by atoms with Crippen molar-refractivity contribution in [3.63, 3.8) is 0 Å². The van der Waals surface area contributed by atoms with Gasteiger partial charge in [-0.25, -0.2) is 0 Å². The molecule has 0 heteroatoms. The fraction of sp³-hybridized carbons (Fsp3) is 0.600. The van der Waals surface area contributed by atoms with Gasteiger partial charge in [0.25, 0.3) is 0 Å². The van der Waals surface area contributed by atoms with Gasteiger partial charge in [-0.3, -0.25) is 0 Å². The lowest BCUT2D eigenvalue weighted by molar-refractivity contribution is 0.238. The van der Waals surface area contributed by atoms with E-state index in [1.165, 1.54) is 30.4 Å². The second kappa shape index (κ2) is 4.38. The van der Waals surface area contributed by atoms with E-state index in [1.807, 2.05) is 0 Å². The number of hydrogen-bond acceptors (Lipinski definition) is 0. The van der Waals surface area contributed by atoms with Crippen molar-refractivity contribution in [1.82, 2.24) is 0 Å². The molecule has 1 aliphatic carbocycles. The lowest BCUT2D eigenvalue weighted by Gasteiger charge is -2.41. The van der Waals surface area contributed by atoms with E-state index in [-0.39, 0.29) is 5.41 Å². The van der Waals surface area contributed by atoms with E-state index in [1.54, 1.807) is 5.57 Å². The molecule has 1 fully saturated rings. The summed E-state index contributed by atoms with van der Waals surface area (Å²) < 4.78 is 0. The van der Waals surface area contributed by atoms with Crippen molar-refractivity contribution in [2.45, 2.75) is 47.0 Å². The van der Waals surface area contributed by atoms with Gasteiger partial charge in [-0.15, -0.1) is 6.58 Å². The average Bonchev–Trinajstić information content (AvgIpc) is 2.17. The molecule has 0 amide bonds. The van der Waals surface area contributed by atoms with Crippen LogP contribution >= 0.6 is 0 Å².